The summed E-state index contributed by atoms with van der Waals surface area (Å²) in [4.78, 5) is 8.38. The van der Waals surface area contributed by atoms with E-state index >= 15 is 0 Å². The summed E-state index contributed by atoms with van der Waals surface area (Å²) in [5.41, 5.74) is 2.63. The van der Waals surface area contributed by atoms with Crippen molar-refractivity contribution in [2.24, 2.45) is 10.2 Å². The molecule has 0 spiro atoms. The van der Waals surface area contributed by atoms with Gasteiger partial charge in [-0.15, -0.1) is 16.5 Å². The quantitative estimate of drug-likeness (QED) is 0.659. The zero-order valence-electron chi connectivity index (χ0n) is 11.0. The van der Waals surface area contributed by atoms with Crippen LogP contribution < -0.4 is 0 Å². The lowest BCUT2D eigenvalue weighted by Crippen LogP contribution is -1.80. The van der Waals surface area contributed by atoms with E-state index in [1.54, 1.807) is 24.5 Å². The molecule has 0 atom stereocenters. The van der Waals surface area contributed by atoms with Crippen LogP contribution in [0.3, 0.4) is 0 Å². The van der Waals surface area contributed by atoms with Crippen LogP contribution in [-0.4, -0.2) is 9.97 Å². The van der Waals surface area contributed by atoms with Gasteiger partial charge in [0.25, 0.3) is 0 Å². The van der Waals surface area contributed by atoms with Crippen LogP contribution >= 0.6 is 11.3 Å². The normalized spacial score (nSPS) is 11.1. The van der Waals surface area contributed by atoms with Crippen molar-refractivity contribution < 1.29 is 4.39 Å². The first-order chi connectivity index (χ1) is 10.3. The van der Waals surface area contributed by atoms with Crippen molar-refractivity contribution >= 4 is 16.5 Å². The summed E-state index contributed by atoms with van der Waals surface area (Å²) in [6, 6.07) is 10.0. The van der Waals surface area contributed by atoms with Crippen LogP contribution in [-0.2, 0) is 6.54 Å². The Morgan fingerprint density at radius 2 is 2.00 bits per heavy atom. The number of nitrogens with zero attached hydrogens (tertiary/aromatic N) is 4. The standard InChI is InChI=1S/C15H11FN4S/c16-13-5-3-12(4-6-13)14-10-21-15(19-14)20-18-9-11-2-1-7-17-8-11/h1-8,10H,9H2. The Kier molecular flexibility index (Phi) is 4.07. The van der Waals surface area contributed by atoms with Crippen molar-refractivity contribution in [3.63, 3.8) is 0 Å². The van der Waals surface area contributed by atoms with Crippen LogP contribution in [0.1, 0.15) is 5.56 Å². The molecule has 6 heteroatoms. The van der Waals surface area contributed by atoms with Gasteiger partial charge in [-0.1, -0.05) is 6.07 Å². The van der Waals surface area contributed by atoms with E-state index in [1.165, 1.54) is 23.5 Å². The number of halogens is 1. The number of azo groups is 1. The molecule has 0 unspecified atom stereocenters. The van der Waals surface area contributed by atoms with Gasteiger partial charge >= 0.3 is 0 Å². The van der Waals surface area contributed by atoms with E-state index in [4.69, 9.17) is 0 Å². The first-order valence-electron chi connectivity index (χ1n) is 6.29. The fourth-order valence-electron chi connectivity index (χ4n) is 1.73. The van der Waals surface area contributed by atoms with Crippen LogP contribution in [0.25, 0.3) is 11.3 Å². The van der Waals surface area contributed by atoms with E-state index in [9.17, 15) is 4.39 Å². The largest absolute Gasteiger partial charge is 0.264 e. The Morgan fingerprint density at radius 3 is 2.76 bits per heavy atom. The van der Waals surface area contributed by atoms with E-state index in [0.29, 0.717) is 11.7 Å². The molecule has 0 saturated carbocycles. The molecule has 2 aromatic heterocycles. The molecule has 0 aliphatic carbocycles. The van der Waals surface area contributed by atoms with Gasteiger partial charge in [0, 0.05) is 23.3 Å². The van der Waals surface area contributed by atoms with Gasteiger partial charge in [0.05, 0.1) is 12.2 Å². The lowest BCUT2D eigenvalue weighted by molar-refractivity contribution is 0.628. The molecule has 1 aromatic carbocycles. The second-order valence-corrected chi connectivity index (χ2v) is 5.12. The Balaban J connectivity index is 1.69. The summed E-state index contributed by atoms with van der Waals surface area (Å²) in [6.45, 7) is 0.472. The average molecular weight is 298 g/mol. The Labute approximate surface area is 125 Å². The first-order valence-corrected chi connectivity index (χ1v) is 7.17. The number of aromatic nitrogens is 2. The van der Waals surface area contributed by atoms with Crippen molar-refractivity contribution in [1.29, 1.82) is 0 Å². The topological polar surface area (TPSA) is 50.5 Å². The number of pyridine rings is 1. The maximum atomic E-state index is 12.9. The molecule has 4 nitrogen and oxygen atoms in total. The molecule has 3 aromatic rings. The van der Waals surface area contributed by atoms with Gasteiger partial charge in [-0.05, 0) is 35.9 Å². The molecule has 0 saturated heterocycles. The molecule has 0 aliphatic rings. The molecule has 3 rings (SSSR count). The van der Waals surface area contributed by atoms with Crippen LogP contribution in [0.15, 0.2) is 64.4 Å². The van der Waals surface area contributed by atoms with Crippen LogP contribution in [0.5, 0.6) is 0 Å². The molecular formula is C15H11FN4S. The molecule has 0 aliphatic heterocycles. The van der Waals surface area contributed by atoms with Gasteiger partial charge in [0.2, 0.25) is 5.13 Å². The van der Waals surface area contributed by atoms with E-state index in [-0.39, 0.29) is 5.82 Å². The second kappa shape index (κ2) is 6.32. The van der Waals surface area contributed by atoms with Crippen LogP contribution in [0.4, 0.5) is 9.52 Å². The highest BCUT2D eigenvalue weighted by molar-refractivity contribution is 7.13. The van der Waals surface area contributed by atoms with Gasteiger partial charge in [-0.25, -0.2) is 9.37 Å². The zero-order chi connectivity index (χ0) is 14.5. The fourth-order valence-corrected chi connectivity index (χ4v) is 2.39. The number of hydrogen-bond donors (Lipinski definition) is 0. The van der Waals surface area contributed by atoms with Gasteiger partial charge in [0.1, 0.15) is 5.82 Å². The highest BCUT2D eigenvalue weighted by Crippen LogP contribution is 2.27. The predicted molar refractivity (Wildman–Crippen MR) is 80.0 cm³/mol. The zero-order valence-corrected chi connectivity index (χ0v) is 11.8. The van der Waals surface area contributed by atoms with Crippen LogP contribution in [0, 0.1) is 5.82 Å². The SMILES string of the molecule is Fc1ccc(-c2csc(N=NCc3cccnc3)n2)cc1. The molecule has 21 heavy (non-hydrogen) atoms. The summed E-state index contributed by atoms with van der Waals surface area (Å²) in [5, 5.41) is 10.7. The van der Waals surface area contributed by atoms with Crippen molar-refractivity contribution in [2.75, 3.05) is 0 Å². The smallest absolute Gasteiger partial charge is 0.230 e. The minimum atomic E-state index is -0.259. The second-order valence-electron chi connectivity index (χ2n) is 4.28. The highest BCUT2D eigenvalue weighted by Gasteiger charge is 2.04. The molecule has 0 bridgehead atoms. The molecule has 2 heterocycles. The molecular weight excluding hydrogens is 287 g/mol. The van der Waals surface area contributed by atoms with E-state index in [1.807, 2.05) is 17.5 Å². The lowest BCUT2D eigenvalue weighted by atomic mass is 10.2. The molecule has 104 valence electrons. The number of thiazole rings is 1. The van der Waals surface area contributed by atoms with E-state index < -0.39 is 0 Å². The summed E-state index contributed by atoms with van der Waals surface area (Å²) in [7, 11) is 0. The Morgan fingerprint density at radius 1 is 1.14 bits per heavy atom. The van der Waals surface area contributed by atoms with Crippen molar-refractivity contribution in [3.8, 4) is 11.3 Å². The highest BCUT2D eigenvalue weighted by atomic mass is 32.1. The minimum Gasteiger partial charge on any atom is -0.264 e. The maximum absolute atomic E-state index is 12.9. The number of hydrogen-bond acceptors (Lipinski definition) is 5. The van der Waals surface area contributed by atoms with Gasteiger partial charge in [0.15, 0.2) is 0 Å². The molecule has 0 radical (unpaired) electrons. The maximum Gasteiger partial charge on any atom is 0.230 e. The predicted octanol–water partition coefficient (Wildman–Crippen LogP) is 4.63. The number of rotatable bonds is 4. The van der Waals surface area contributed by atoms with Crippen LogP contribution in [0.2, 0.25) is 0 Å². The third-order valence-electron chi connectivity index (χ3n) is 2.76. The minimum absolute atomic E-state index is 0.259. The summed E-state index contributed by atoms with van der Waals surface area (Å²) < 4.78 is 12.9. The lowest BCUT2D eigenvalue weighted by Gasteiger charge is -1.94. The third kappa shape index (κ3) is 3.55. The Hall–Kier alpha value is -2.47. The van der Waals surface area contributed by atoms with Crippen molar-refractivity contribution in [3.05, 3.63) is 65.6 Å². The van der Waals surface area contributed by atoms with Crippen molar-refractivity contribution in [1.82, 2.24) is 9.97 Å². The van der Waals surface area contributed by atoms with Gasteiger partial charge < -0.3 is 0 Å². The monoisotopic (exact) mass is 298 g/mol. The first kappa shape index (κ1) is 13.5. The van der Waals surface area contributed by atoms with Crippen molar-refractivity contribution in [2.45, 2.75) is 6.54 Å². The molecule has 0 amide bonds. The van der Waals surface area contributed by atoms with E-state index in [0.717, 1.165) is 16.8 Å². The third-order valence-corrected chi connectivity index (χ3v) is 3.49. The summed E-state index contributed by atoms with van der Waals surface area (Å²) in [5.74, 6) is -0.259. The number of benzene rings is 1. The van der Waals surface area contributed by atoms with E-state index in [2.05, 4.69) is 20.2 Å². The van der Waals surface area contributed by atoms with Gasteiger partial charge in [-0.3, -0.25) is 4.98 Å². The summed E-state index contributed by atoms with van der Waals surface area (Å²) in [6.07, 6.45) is 3.47. The Bertz CT molecular complexity index is 738. The molecule has 0 fully saturated rings. The fraction of sp³-hybridized carbons (Fsp3) is 0.0667. The summed E-state index contributed by atoms with van der Waals surface area (Å²) >= 11 is 1.40. The van der Waals surface area contributed by atoms with Gasteiger partial charge in [-0.2, -0.15) is 5.11 Å². The average Bonchev–Trinajstić information content (AvgIpc) is 2.98. The molecule has 0 N–H and O–H groups in total.